The van der Waals surface area contributed by atoms with Crippen LogP contribution in [-0.2, 0) is 0 Å². The highest BCUT2D eigenvalue weighted by Gasteiger charge is 2.25. The van der Waals surface area contributed by atoms with E-state index < -0.39 is 34.1 Å². The lowest BCUT2D eigenvalue weighted by Gasteiger charge is -2.19. The summed E-state index contributed by atoms with van der Waals surface area (Å²) in [6, 6.07) is 13.6. The van der Waals surface area contributed by atoms with Crippen molar-refractivity contribution in [1.82, 2.24) is 0 Å². The lowest BCUT2D eigenvalue weighted by Crippen LogP contribution is -2.09. The maximum absolute atomic E-state index is 15.1. The van der Waals surface area contributed by atoms with Gasteiger partial charge in [-0.25, -0.2) is 17.6 Å². The number of fused-ring (bicyclic) bond motifs is 4. The van der Waals surface area contributed by atoms with Gasteiger partial charge in [0.25, 0.3) is 0 Å². The zero-order valence-corrected chi connectivity index (χ0v) is 18.1. The largest absolute Gasteiger partial charge is 0.288 e. The van der Waals surface area contributed by atoms with E-state index in [1.807, 2.05) is 0 Å². The third-order valence-electron chi connectivity index (χ3n) is 7.55. The first-order chi connectivity index (χ1) is 17.4. The Bertz CT molecular complexity index is 2230. The van der Waals surface area contributed by atoms with Crippen molar-refractivity contribution >= 4 is 75.4 Å². The molecule has 0 unspecified atom stereocenters. The standard InChI is InChI=1S/C30H10F4O2/c31-17-5-8-20(34)28-25(17)15-9-11-1-3-13-23-16(26-18(32)6-7-19(33)27(26)29(13)35)10-12-2-4-14(30(28)36)24(15)22(12)21(11)23/h1-10H. The van der Waals surface area contributed by atoms with Gasteiger partial charge in [-0.15, -0.1) is 0 Å². The molecule has 36 heavy (non-hydrogen) atoms. The second kappa shape index (κ2) is 6.15. The van der Waals surface area contributed by atoms with Gasteiger partial charge in [0.2, 0.25) is 0 Å². The fourth-order valence-corrected chi connectivity index (χ4v) is 6.15. The van der Waals surface area contributed by atoms with Crippen LogP contribution in [0.2, 0.25) is 0 Å². The van der Waals surface area contributed by atoms with Crippen molar-refractivity contribution in [2.24, 2.45) is 0 Å². The maximum Gasteiger partial charge on any atom is 0.197 e. The van der Waals surface area contributed by atoms with Gasteiger partial charge in [-0.05, 0) is 80.8 Å². The minimum absolute atomic E-state index is 0.103. The number of hydrogen-bond acceptors (Lipinski definition) is 2. The molecular weight excluding hydrogens is 468 g/mol. The van der Waals surface area contributed by atoms with E-state index in [0.717, 1.165) is 24.3 Å². The van der Waals surface area contributed by atoms with Crippen LogP contribution in [0.5, 0.6) is 0 Å². The van der Waals surface area contributed by atoms with Crippen molar-refractivity contribution in [3.63, 3.8) is 0 Å². The molecule has 0 aliphatic carbocycles. The van der Waals surface area contributed by atoms with E-state index >= 15 is 8.78 Å². The summed E-state index contributed by atoms with van der Waals surface area (Å²) in [7, 11) is 0. The lowest BCUT2D eigenvalue weighted by molar-refractivity contribution is 0.618. The Balaban J connectivity index is 1.79. The average molecular weight is 478 g/mol. The fourth-order valence-electron chi connectivity index (χ4n) is 6.15. The van der Waals surface area contributed by atoms with Crippen molar-refractivity contribution in [2.75, 3.05) is 0 Å². The van der Waals surface area contributed by atoms with E-state index in [0.29, 0.717) is 43.1 Å². The molecule has 0 saturated heterocycles. The molecule has 0 saturated carbocycles. The Labute approximate surface area is 197 Å². The highest BCUT2D eigenvalue weighted by atomic mass is 19.1. The third kappa shape index (κ3) is 2.06. The molecule has 8 aromatic rings. The van der Waals surface area contributed by atoms with E-state index in [1.54, 1.807) is 36.4 Å². The van der Waals surface area contributed by atoms with E-state index in [4.69, 9.17) is 0 Å². The van der Waals surface area contributed by atoms with Crippen LogP contribution in [0.4, 0.5) is 17.6 Å². The van der Waals surface area contributed by atoms with Crippen LogP contribution in [-0.4, -0.2) is 0 Å². The third-order valence-corrected chi connectivity index (χ3v) is 7.55. The molecule has 0 atom stereocenters. The van der Waals surface area contributed by atoms with Crippen molar-refractivity contribution < 1.29 is 17.6 Å². The first-order valence-corrected chi connectivity index (χ1v) is 11.2. The first-order valence-electron chi connectivity index (χ1n) is 11.2. The van der Waals surface area contributed by atoms with Gasteiger partial charge < -0.3 is 0 Å². The molecule has 8 rings (SSSR count). The minimum atomic E-state index is -0.807. The quantitative estimate of drug-likeness (QED) is 0.130. The molecule has 170 valence electrons. The van der Waals surface area contributed by atoms with Gasteiger partial charge in [0.1, 0.15) is 23.3 Å². The molecule has 6 heteroatoms. The summed E-state index contributed by atoms with van der Waals surface area (Å²) in [5.74, 6) is -3.05. The predicted octanol–water partition coefficient (Wildman–Crippen LogP) is 7.35. The summed E-state index contributed by atoms with van der Waals surface area (Å²) in [5, 5.41) is 3.65. The van der Waals surface area contributed by atoms with Gasteiger partial charge in [-0.1, -0.05) is 12.1 Å². The summed E-state index contributed by atoms with van der Waals surface area (Å²) in [5.41, 5.74) is -1.26. The zero-order valence-electron chi connectivity index (χ0n) is 18.1. The molecule has 0 amide bonds. The van der Waals surface area contributed by atoms with Crippen LogP contribution in [0, 0.1) is 23.3 Å². The van der Waals surface area contributed by atoms with Crippen LogP contribution in [0.25, 0.3) is 75.4 Å². The highest BCUT2D eigenvalue weighted by molar-refractivity contribution is 6.40. The van der Waals surface area contributed by atoms with Gasteiger partial charge in [0.05, 0.1) is 10.8 Å². The predicted molar refractivity (Wildman–Crippen MR) is 135 cm³/mol. The van der Waals surface area contributed by atoms with Crippen LogP contribution >= 0.6 is 0 Å². The molecule has 8 aromatic carbocycles. The molecular formula is C30H10F4O2. The summed E-state index contributed by atoms with van der Waals surface area (Å²) in [4.78, 5) is 26.7. The van der Waals surface area contributed by atoms with E-state index in [1.165, 1.54) is 0 Å². The first kappa shape index (κ1) is 19.7. The maximum atomic E-state index is 15.1. The molecule has 0 aliphatic rings. The number of hydrogen-bond donors (Lipinski definition) is 0. The Kier molecular flexibility index (Phi) is 3.37. The summed E-state index contributed by atoms with van der Waals surface area (Å²) >= 11 is 0. The molecule has 0 spiro atoms. The topological polar surface area (TPSA) is 34.1 Å². The number of rotatable bonds is 0. The average Bonchev–Trinajstić information content (AvgIpc) is 2.87. The van der Waals surface area contributed by atoms with Gasteiger partial charge in [0, 0.05) is 32.3 Å². The molecule has 0 aromatic heterocycles. The van der Waals surface area contributed by atoms with Crippen LogP contribution in [0.3, 0.4) is 0 Å². The lowest BCUT2D eigenvalue weighted by atomic mass is 9.83. The van der Waals surface area contributed by atoms with Crippen molar-refractivity contribution in [2.45, 2.75) is 0 Å². The summed E-state index contributed by atoms with van der Waals surface area (Å²) < 4.78 is 59.7. The molecule has 2 nitrogen and oxygen atoms in total. The van der Waals surface area contributed by atoms with Crippen molar-refractivity contribution in [1.29, 1.82) is 0 Å². The molecule has 0 aliphatic heterocycles. The second-order valence-electron chi connectivity index (χ2n) is 9.24. The Morgan fingerprint density at radius 3 is 1.11 bits per heavy atom. The zero-order chi connectivity index (χ0) is 24.6. The smallest absolute Gasteiger partial charge is 0.197 e. The van der Waals surface area contributed by atoms with E-state index in [-0.39, 0.29) is 32.3 Å². The number of benzene rings is 8. The molecule has 0 heterocycles. The number of halogens is 4. The monoisotopic (exact) mass is 478 g/mol. The van der Waals surface area contributed by atoms with Gasteiger partial charge in [0.15, 0.2) is 10.9 Å². The van der Waals surface area contributed by atoms with Crippen molar-refractivity contribution in [3.8, 4) is 0 Å². The normalized spacial score (nSPS) is 12.7. The minimum Gasteiger partial charge on any atom is -0.288 e. The summed E-state index contributed by atoms with van der Waals surface area (Å²) in [6.45, 7) is 0. The van der Waals surface area contributed by atoms with E-state index in [2.05, 4.69) is 0 Å². The Hall–Kier alpha value is -4.58. The van der Waals surface area contributed by atoms with Gasteiger partial charge in [-0.3, -0.25) is 9.59 Å². The molecule has 0 fully saturated rings. The van der Waals surface area contributed by atoms with Crippen LogP contribution in [0.15, 0.2) is 70.3 Å². The van der Waals surface area contributed by atoms with E-state index in [9.17, 15) is 18.4 Å². The summed E-state index contributed by atoms with van der Waals surface area (Å²) in [6.07, 6.45) is 0. The molecule has 0 radical (unpaired) electrons. The van der Waals surface area contributed by atoms with Gasteiger partial charge >= 0.3 is 0 Å². The highest BCUT2D eigenvalue weighted by Crippen LogP contribution is 2.46. The Morgan fingerprint density at radius 1 is 0.361 bits per heavy atom. The van der Waals surface area contributed by atoms with Crippen LogP contribution < -0.4 is 10.9 Å². The second-order valence-corrected chi connectivity index (χ2v) is 9.24. The fraction of sp³-hybridized carbons (Fsp3) is 0. The Morgan fingerprint density at radius 2 is 0.722 bits per heavy atom. The van der Waals surface area contributed by atoms with Gasteiger partial charge in [-0.2, -0.15) is 0 Å². The SMILES string of the molecule is O=c1c2ccc3cc4c5c(F)ccc(F)c5c(=O)c5ccc6cc(c7c(F)ccc(F)c17)c2c3c6c54. The van der Waals surface area contributed by atoms with Crippen molar-refractivity contribution in [3.05, 3.63) is 104 Å². The van der Waals surface area contributed by atoms with Crippen LogP contribution in [0.1, 0.15) is 0 Å². The molecule has 0 N–H and O–H groups in total. The molecule has 0 bridgehead atoms.